The van der Waals surface area contributed by atoms with Gasteiger partial charge in [0, 0.05) is 19.5 Å². The molecule has 0 saturated carbocycles. The summed E-state index contributed by atoms with van der Waals surface area (Å²) in [5.41, 5.74) is 9.83. The molecule has 2 aromatic carbocycles. The van der Waals surface area contributed by atoms with Crippen molar-refractivity contribution in [1.82, 2.24) is 10.4 Å². The number of hydroxylamine groups is 1. The van der Waals surface area contributed by atoms with E-state index in [1.165, 1.54) is 33.4 Å². The Balaban J connectivity index is 1.58. The summed E-state index contributed by atoms with van der Waals surface area (Å²) in [6, 6.07) is 17.3. The van der Waals surface area contributed by atoms with E-state index in [1.54, 1.807) is 5.48 Å². The van der Waals surface area contributed by atoms with Crippen LogP contribution in [0, 0.1) is 0 Å². The number of hydrogen-bond acceptors (Lipinski definition) is 3. The van der Waals surface area contributed by atoms with Crippen LogP contribution in [0.4, 0.5) is 0 Å². The SMILES string of the molecule is O=C(CCCN1CCC(=C2c3ccccc3C=Cc3ccccc32)CC1)NO. The van der Waals surface area contributed by atoms with E-state index in [0.717, 1.165) is 38.9 Å². The molecular weight excluding hydrogens is 348 g/mol. The molecule has 1 amide bonds. The number of hydrogen-bond donors (Lipinski definition) is 2. The predicted molar refractivity (Wildman–Crippen MR) is 113 cm³/mol. The van der Waals surface area contributed by atoms with Crippen LogP contribution in [0.2, 0.25) is 0 Å². The van der Waals surface area contributed by atoms with Crippen LogP contribution >= 0.6 is 0 Å². The van der Waals surface area contributed by atoms with E-state index in [1.807, 2.05) is 0 Å². The molecule has 4 rings (SSSR count). The molecule has 1 aliphatic carbocycles. The number of carbonyl (C=O) groups is 1. The minimum Gasteiger partial charge on any atom is -0.303 e. The topological polar surface area (TPSA) is 52.6 Å². The second kappa shape index (κ2) is 8.55. The van der Waals surface area contributed by atoms with Crippen LogP contribution in [0.25, 0.3) is 17.7 Å². The van der Waals surface area contributed by atoms with Crippen LogP contribution in [0.5, 0.6) is 0 Å². The number of fused-ring (bicyclic) bond motifs is 2. The molecule has 4 nitrogen and oxygen atoms in total. The van der Waals surface area contributed by atoms with E-state index >= 15 is 0 Å². The van der Waals surface area contributed by atoms with Gasteiger partial charge in [-0.15, -0.1) is 0 Å². The van der Waals surface area contributed by atoms with E-state index in [0.29, 0.717) is 6.42 Å². The predicted octanol–water partition coefficient (Wildman–Crippen LogP) is 4.35. The van der Waals surface area contributed by atoms with Gasteiger partial charge in [0.25, 0.3) is 0 Å². The van der Waals surface area contributed by atoms with Gasteiger partial charge in [0.1, 0.15) is 0 Å². The quantitative estimate of drug-likeness (QED) is 0.527. The third kappa shape index (κ3) is 3.93. The van der Waals surface area contributed by atoms with Crippen LogP contribution in [0.1, 0.15) is 47.9 Å². The molecule has 2 aromatic rings. The maximum atomic E-state index is 11.2. The Morgan fingerprint density at radius 3 is 2.07 bits per heavy atom. The second-order valence-corrected chi connectivity index (χ2v) is 7.47. The Hall–Kier alpha value is -2.69. The second-order valence-electron chi connectivity index (χ2n) is 7.47. The summed E-state index contributed by atoms with van der Waals surface area (Å²) in [5.74, 6) is -0.306. The molecule has 0 unspecified atom stereocenters. The zero-order valence-corrected chi connectivity index (χ0v) is 16.0. The third-order valence-electron chi connectivity index (χ3n) is 5.72. The third-order valence-corrected chi connectivity index (χ3v) is 5.72. The fourth-order valence-electron chi connectivity index (χ4n) is 4.26. The van der Waals surface area contributed by atoms with Crippen molar-refractivity contribution in [2.45, 2.75) is 25.7 Å². The molecule has 0 radical (unpaired) electrons. The van der Waals surface area contributed by atoms with E-state index in [2.05, 4.69) is 65.6 Å². The smallest absolute Gasteiger partial charge is 0.243 e. The molecule has 1 fully saturated rings. The number of amides is 1. The Morgan fingerprint density at radius 2 is 1.50 bits per heavy atom. The Labute approximate surface area is 166 Å². The number of piperidine rings is 1. The highest BCUT2D eigenvalue weighted by Gasteiger charge is 2.22. The van der Waals surface area contributed by atoms with Gasteiger partial charge < -0.3 is 4.90 Å². The summed E-state index contributed by atoms with van der Waals surface area (Å²) in [7, 11) is 0. The van der Waals surface area contributed by atoms with Crippen LogP contribution < -0.4 is 5.48 Å². The van der Waals surface area contributed by atoms with E-state index in [-0.39, 0.29) is 5.91 Å². The molecule has 4 heteroatoms. The molecule has 2 N–H and O–H groups in total. The van der Waals surface area contributed by atoms with E-state index in [4.69, 9.17) is 5.21 Å². The zero-order chi connectivity index (χ0) is 19.3. The highest BCUT2D eigenvalue weighted by atomic mass is 16.5. The molecule has 0 atom stereocenters. The largest absolute Gasteiger partial charge is 0.303 e. The summed E-state index contributed by atoms with van der Waals surface area (Å²) in [6.45, 7) is 2.92. The van der Waals surface area contributed by atoms with Gasteiger partial charge in [0.15, 0.2) is 0 Å². The number of rotatable bonds is 4. The summed E-state index contributed by atoms with van der Waals surface area (Å²) < 4.78 is 0. The molecule has 1 aliphatic heterocycles. The van der Waals surface area contributed by atoms with Gasteiger partial charge >= 0.3 is 0 Å². The van der Waals surface area contributed by atoms with Crippen molar-refractivity contribution >= 4 is 23.6 Å². The average Bonchev–Trinajstić information content (AvgIpc) is 2.91. The van der Waals surface area contributed by atoms with Gasteiger partial charge in [0.05, 0.1) is 0 Å². The number of carbonyl (C=O) groups excluding carboxylic acids is 1. The van der Waals surface area contributed by atoms with Gasteiger partial charge in [-0.05, 0) is 53.6 Å². The van der Waals surface area contributed by atoms with Crippen LogP contribution in [0.15, 0.2) is 54.1 Å². The fourth-order valence-corrected chi connectivity index (χ4v) is 4.26. The van der Waals surface area contributed by atoms with E-state index in [9.17, 15) is 4.79 Å². The summed E-state index contributed by atoms with van der Waals surface area (Å²) >= 11 is 0. The lowest BCUT2D eigenvalue weighted by Crippen LogP contribution is -2.32. The van der Waals surface area contributed by atoms with Crippen molar-refractivity contribution < 1.29 is 10.0 Å². The van der Waals surface area contributed by atoms with Crippen molar-refractivity contribution in [1.29, 1.82) is 0 Å². The number of nitrogens with zero attached hydrogens (tertiary/aromatic N) is 1. The van der Waals surface area contributed by atoms with Crippen molar-refractivity contribution in [3.05, 3.63) is 76.4 Å². The highest BCUT2D eigenvalue weighted by Crippen LogP contribution is 2.38. The minimum absolute atomic E-state index is 0.306. The van der Waals surface area contributed by atoms with Crippen molar-refractivity contribution in [2.24, 2.45) is 0 Å². The fraction of sp³-hybridized carbons (Fsp3) is 0.292. The van der Waals surface area contributed by atoms with E-state index < -0.39 is 0 Å². The summed E-state index contributed by atoms with van der Waals surface area (Å²) in [5, 5.41) is 8.61. The number of likely N-dealkylation sites (tertiary alicyclic amines) is 1. The maximum absolute atomic E-state index is 11.2. The molecule has 0 bridgehead atoms. The molecule has 2 aliphatic rings. The summed E-state index contributed by atoms with van der Waals surface area (Å²) in [6.07, 6.45) is 7.68. The molecule has 1 saturated heterocycles. The average molecular weight is 374 g/mol. The van der Waals surface area contributed by atoms with Gasteiger partial charge in [-0.3, -0.25) is 10.0 Å². The van der Waals surface area contributed by atoms with Crippen molar-refractivity contribution in [3.63, 3.8) is 0 Å². The van der Waals surface area contributed by atoms with Gasteiger partial charge in [-0.1, -0.05) is 66.3 Å². The molecule has 28 heavy (non-hydrogen) atoms. The number of benzene rings is 2. The molecule has 144 valence electrons. The van der Waals surface area contributed by atoms with Gasteiger partial charge in [-0.2, -0.15) is 0 Å². The Bertz CT molecular complexity index is 868. The Morgan fingerprint density at radius 1 is 0.929 bits per heavy atom. The van der Waals surface area contributed by atoms with Crippen LogP contribution in [-0.2, 0) is 4.79 Å². The lowest BCUT2D eigenvalue weighted by molar-refractivity contribution is -0.129. The van der Waals surface area contributed by atoms with Crippen molar-refractivity contribution in [2.75, 3.05) is 19.6 Å². The minimum atomic E-state index is -0.306. The highest BCUT2D eigenvalue weighted by molar-refractivity contribution is 5.94. The van der Waals surface area contributed by atoms with Crippen molar-refractivity contribution in [3.8, 4) is 0 Å². The van der Waals surface area contributed by atoms with Gasteiger partial charge in [-0.25, -0.2) is 5.48 Å². The molecule has 0 aromatic heterocycles. The lowest BCUT2D eigenvalue weighted by atomic mass is 9.86. The first-order valence-electron chi connectivity index (χ1n) is 10.0. The normalized spacial score (nSPS) is 16.3. The Kier molecular flexibility index (Phi) is 5.70. The molecular formula is C24H26N2O2. The summed E-state index contributed by atoms with van der Waals surface area (Å²) in [4.78, 5) is 13.6. The van der Waals surface area contributed by atoms with Crippen LogP contribution in [0.3, 0.4) is 0 Å². The first kappa shape index (κ1) is 18.7. The number of nitrogens with one attached hydrogen (secondary N) is 1. The lowest BCUT2D eigenvalue weighted by Gasteiger charge is -2.30. The first-order chi connectivity index (χ1) is 13.8. The zero-order valence-electron chi connectivity index (χ0n) is 16.0. The first-order valence-corrected chi connectivity index (χ1v) is 10.0. The molecule has 0 spiro atoms. The standard InChI is InChI=1S/C24H26N2O2/c27-23(25-28)10-5-15-26-16-13-20(14-17-26)24-21-8-3-1-6-18(21)11-12-19-7-2-4-9-22(19)24/h1-4,6-9,11-12,28H,5,10,13-17H2,(H,25,27). The molecule has 1 heterocycles. The van der Waals surface area contributed by atoms with Crippen LogP contribution in [-0.4, -0.2) is 35.6 Å². The van der Waals surface area contributed by atoms with Gasteiger partial charge in [0.2, 0.25) is 5.91 Å². The monoisotopic (exact) mass is 374 g/mol. The maximum Gasteiger partial charge on any atom is 0.243 e.